The SMILES string of the molecule is CCCCOC(=O)N1CCN(C(=O)OCc2ccccc2)CC1. The van der Waals surface area contributed by atoms with Gasteiger partial charge in [-0.1, -0.05) is 43.7 Å². The molecule has 0 atom stereocenters. The van der Waals surface area contributed by atoms with Crippen LogP contribution < -0.4 is 0 Å². The molecule has 0 spiro atoms. The number of benzene rings is 1. The number of nitrogens with zero attached hydrogens (tertiary/aromatic N) is 2. The number of hydrogen-bond donors (Lipinski definition) is 0. The van der Waals surface area contributed by atoms with Gasteiger partial charge < -0.3 is 19.3 Å². The molecule has 0 N–H and O–H groups in total. The molecule has 23 heavy (non-hydrogen) atoms. The van der Waals surface area contributed by atoms with Gasteiger partial charge in [0.15, 0.2) is 0 Å². The van der Waals surface area contributed by atoms with Gasteiger partial charge in [0.1, 0.15) is 6.61 Å². The molecule has 1 heterocycles. The van der Waals surface area contributed by atoms with E-state index in [0.29, 0.717) is 32.8 Å². The molecular weight excluding hydrogens is 296 g/mol. The van der Waals surface area contributed by atoms with Gasteiger partial charge in [-0.25, -0.2) is 9.59 Å². The first-order chi connectivity index (χ1) is 11.2. The zero-order chi connectivity index (χ0) is 16.5. The molecule has 0 aromatic heterocycles. The Bertz CT molecular complexity index is 499. The molecule has 1 aliphatic rings. The molecule has 1 aromatic rings. The molecule has 1 aliphatic heterocycles. The van der Waals surface area contributed by atoms with E-state index in [1.807, 2.05) is 37.3 Å². The maximum absolute atomic E-state index is 12.0. The van der Waals surface area contributed by atoms with Crippen LogP contribution in [-0.2, 0) is 16.1 Å². The lowest BCUT2D eigenvalue weighted by Gasteiger charge is -2.33. The van der Waals surface area contributed by atoms with Crippen LogP contribution in [0.15, 0.2) is 30.3 Å². The van der Waals surface area contributed by atoms with Crippen LogP contribution in [0.2, 0.25) is 0 Å². The number of carbonyl (C=O) groups is 2. The Morgan fingerprint density at radius 3 is 2.09 bits per heavy atom. The second-order valence-corrected chi connectivity index (χ2v) is 5.48. The van der Waals surface area contributed by atoms with E-state index >= 15 is 0 Å². The highest BCUT2D eigenvalue weighted by atomic mass is 16.6. The Kier molecular flexibility index (Phi) is 6.72. The molecule has 6 nitrogen and oxygen atoms in total. The highest BCUT2D eigenvalue weighted by molar-refractivity contribution is 5.70. The average molecular weight is 320 g/mol. The summed E-state index contributed by atoms with van der Waals surface area (Å²) in [6.45, 7) is 4.66. The highest BCUT2D eigenvalue weighted by Crippen LogP contribution is 2.08. The number of rotatable bonds is 5. The van der Waals surface area contributed by atoms with Crippen LogP contribution in [0.4, 0.5) is 9.59 Å². The van der Waals surface area contributed by atoms with Gasteiger partial charge in [-0.15, -0.1) is 0 Å². The van der Waals surface area contributed by atoms with Crippen molar-refractivity contribution < 1.29 is 19.1 Å². The molecule has 6 heteroatoms. The van der Waals surface area contributed by atoms with E-state index < -0.39 is 0 Å². The van der Waals surface area contributed by atoms with Crippen molar-refractivity contribution in [3.63, 3.8) is 0 Å². The van der Waals surface area contributed by atoms with E-state index in [1.54, 1.807) is 9.80 Å². The maximum Gasteiger partial charge on any atom is 0.410 e. The molecule has 1 fully saturated rings. The molecule has 0 unspecified atom stereocenters. The van der Waals surface area contributed by atoms with Crippen LogP contribution in [0, 0.1) is 0 Å². The van der Waals surface area contributed by atoms with Gasteiger partial charge in [0.2, 0.25) is 0 Å². The second-order valence-electron chi connectivity index (χ2n) is 5.48. The van der Waals surface area contributed by atoms with Crippen molar-refractivity contribution in [2.45, 2.75) is 26.4 Å². The maximum atomic E-state index is 12.0. The van der Waals surface area contributed by atoms with Gasteiger partial charge in [0.05, 0.1) is 6.61 Å². The first-order valence-electron chi connectivity index (χ1n) is 8.08. The Morgan fingerprint density at radius 2 is 1.52 bits per heavy atom. The molecule has 1 saturated heterocycles. The topological polar surface area (TPSA) is 59.1 Å². The van der Waals surface area contributed by atoms with Gasteiger partial charge in [-0.05, 0) is 12.0 Å². The summed E-state index contributed by atoms with van der Waals surface area (Å²) < 4.78 is 10.5. The Hall–Kier alpha value is -2.24. The summed E-state index contributed by atoms with van der Waals surface area (Å²) in [6.07, 6.45) is 1.23. The van der Waals surface area contributed by atoms with Gasteiger partial charge in [-0.3, -0.25) is 0 Å². The van der Waals surface area contributed by atoms with Crippen molar-refractivity contribution in [3.05, 3.63) is 35.9 Å². The summed E-state index contributed by atoms with van der Waals surface area (Å²) >= 11 is 0. The molecule has 0 saturated carbocycles. The van der Waals surface area contributed by atoms with Gasteiger partial charge in [0, 0.05) is 26.2 Å². The Morgan fingerprint density at radius 1 is 0.957 bits per heavy atom. The summed E-state index contributed by atoms with van der Waals surface area (Å²) in [5.74, 6) is 0. The van der Waals surface area contributed by atoms with E-state index in [0.717, 1.165) is 18.4 Å². The minimum absolute atomic E-state index is 0.263. The molecule has 126 valence electrons. The quantitative estimate of drug-likeness (QED) is 0.783. The summed E-state index contributed by atoms with van der Waals surface area (Å²) in [5, 5.41) is 0. The molecule has 0 bridgehead atoms. The van der Waals surface area contributed by atoms with Crippen LogP contribution >= 0.6 is 0 Å². The molecule has 0 aliphatic carbocycles. The van der Waals surface area contributed by atoms with Crippen molar-refractivity contribution in [2.24, 2.45) is 0 Å². The zero-order valence-corrected chi connectivity index (χ0v) is 13.6. The lowest BCUT2D eigenvalue weighted by atomic mass is 10.2. The second kappa shape index (κ2) is 9.02. The van der Waals surface area contributed by atoms with Crippen LogP contribution in [0.3, 0.4) is 0 Å². The summed E-state index contributed by atoms with van der Waals surface area (Å²) in [7, 11) is 0. The minimum Gasteiger partial charge on any atom is -0.449 e. The van der Waals surface area contributed by atoms with E-state index in [-0.39, 0.29) is 18.8 Å². The van der Waals surface area contributed by atoms with Crippen LogP contribution in [0.25, 0.3) is 0 Å². The lowest BCUT2D eigenvalue weighted by molar-refractivity contribution is 0.0577. The fourth-order valence-corrected chi connectivity index (χ4v) is 2.28. The minimum atomic E-state index is -0.340. The summed E-state index contributed by atoms with van der Waals surface area (Å²) in [4.78, 5) is 27.1. The smallest absolute Gasteiger partial charge is 0.410 e. The van der Waals surface area contributed by atoms with Crippen molar-refractivity contribution >= 4 is 12.2 Å². The predicted octanol–water partition coefficient (Wildman–Crippen LogP) is 2.88. The van der Waals surface area contributed by atoms with Crippen molar-refractivity contribution in [3.8, 4) is 0 Å². The fraction of sp³-hybridized carbons (Fsp3) is 0.529. The monoisotopic (exact) mass is 320 g/mol. The van der Waals surface area contributed by atoms with Crippen LogP contribution in [0.1, 0.15) is 25.3 Å². The third-order valence-electron chi connectivity index (χ3n) is 3.72. The number of unbranched alkanes of at least 4 members (excludes halogenated alkanes) is 1. The Labute approximate surface area is 137 Å². The number of carbonyl (C=O) groups excluding carboxylic acids is 2. The highest BCUT2D eigenvalue weighted by Gasteiger charge is 2.25. The molecule has 1 aromatic carbocycles. The van der Waals surface area contributed by atoms with Gasteiger partial charge in [-0.2, -0.15) is 0 Å². The third-order valence-corrected chi connectivity index (χ3v) is 3.72. The largest absolute Gasteiger partial charge is 0.449 e. The standard InChI is InChI=1S/C17H24N2O4/c1-2-3-13-22-16(20)18-9-11-19(12-10-18)17(21)23-14-15-7-5-4-6-8-15/h4-8H,2-3,9-14H2,1H3. The van der Waals surface area contributed by atoms with E-state index in [1.165, 1.54) is 0 Å². The fourth-order valence-electron chi connectivity index (χ4n) is 2.28. The van der Waals surface area contributed by atoms with Crippen molar-refractivity contribution in [1.82, 2.24) is 9.80 Å². The average Bonchev–Trinajstić information content (AvgIpc) is 2.61. The first kappa shape index (κ1) is 17.1. The van der Waals surface area contributed by atoms with E-state index in [9.17, 15) is 9.59 Å². The summed E-state index contributed by atoms with van der Waals surface area (Å²) in [5.41, 5.74) is 0.957. The summed E-state index contributed by atoms with van der Waals surface area (Å²) in [6, 6.07) is 9.57. The molecule has 0 radical (unpaired) electrons. The number of piperazine rings is 1. The number of ether oxygens (including phenoxy) is 2. The van der Waals surface area contributed by atoms with Crippen molar-refractivity contribution in [1.29, 1.82) is 0 Å². The normalized spacial score (nSPS) is 14.5. The number of hydrogen-bond acceptors (Lipinski definition) is 4. The van der Waals surface area contributed by atoms with Gasteiger partial charge >= 0.3 is 12.2 Å². The lowest BCUT2D eigenvalue weighted by Crippen LogP contribution is -2.50. The van der Waals surface area contributed by atoms with E-state index in [2.05, 4.69) is 0 Å². The van der Waals surface area contributed by atoms with Gasteiger partial charge in [0.25, 0.3) is 0 Å². The molecule has 2 rings (SSSR count). The first-order valence-corrected chi connectivity index (χ1v) is 8.08. The van der Waals surface area contributed by atoms with Crippen LogP contribution in [0.5, 0.6) is 0 Å². The molecule has 2 amide bonds. The van der Waals surface area contributed by atoms with E-state index in [4.69, 9.17) is 9.47 Å². The van der Waals surface area contributed by atoms with Crippen molar-refractivity contribution in [2.75, 3.05) is 32.8 Å². The predicted molar refractivity (Wildman–Crippen MR) is 86.0 cm³/mol. The third kappa shape index (κ3) is 5.47. The number of amides is 2. The molecular formula is C17H24N2O4. The zero-order valence-electron chi connectivity index (χ0n) is 13.6. The Balaban J connectivity index is 1.69. The van der Waals surface area contributed by atoms with Crippen LogP contribution in [-0.4, -0.2) is 54.8 Å².